The van der Waals surface area contributed by atoms with Gasteiger partial charge in [-0.1, -0.05) is 44.2 Å². The molecule has 4 rings (SSSR count). The molecule has 0 saturated carbocycles. The Hall–Kier alpha value is -3.50. The zero-order valence-corrected chi connectivity index (χ0v) is 20.7. The van der Waals surface area contributed by atoms with Gasteiger partial charge >= 0.3 is 0 Å². The first-order valence-corrected chi connectivity index (χ1v) is 13.1. The Morgan fingerprint density at radius 2 is 1.83 bits per heavy atom. The molecule has 2 aromatic carbocycles. The summed E-state index contributed by atoms with van der Waals surface area (Å²) in [6, 6.07) is 16.3. The lowest BCUT2D eigenvalue weighted by Crippen LogP contribution is -2.30. The van der Waals surface area contributed by atoms with Crippen LogP contribution in [0.4, 0.5) is 17.2 Å². The summed E-state index contributed by atoms with van der Waals surface area (Å²) >= 11 is 0. The predicted octanol–water partition coefficient (Wildman–Crippen LogP) is 4.20. The highest BCUT2D eigenvalue weighted by Gasteiger charge is 2.25. The molecule has 184 valence electrons. The minimum absolute atomic E-state index is 0.0902. The molecular formula is C25H29N5O4S. The first kappa shape index (κ1) is 24.6. The van der Waals surface area contributed by atoms with Crippen molar-refractivity contribution in [1.82, 2.24) is 9.29 Å². The summed E-state index contributed by atoms with van der Waals surface area (Å²) in [5.74, 6) is 0.889. The molecule has 35 heavy (non-hydrogen) atoms. The Bertz CT molecular complexity index is 1310. The number of nitrogens with zero attached hydrogens (tertiary/aromatic N) is 4. The largest absolute Gasteiger partial charge is 0.375 e. The van der Waals surface area contributed by atoms with Gasteiger partial charge in [0.25, 0.3) is 5.69 Å². The number of hydrogen-bond donors (Lipinski definition) is 1. The van der Waals surface area contributed by atoms with E-state index in [1.165, 1.54) is 27.6 Å². The van der Waals surface area contributed by atoms with E-state index in [9.17, 15) is 18.5 Å². The highest BCUT2D eigenvalue weighted by atomic mass is 32.2. The van der Waals surface area contributed by atoms with E-state index in [0.29, 0.717) is 19.6 Å². The third-order valence-electron chi connectivity index (χ3n) is 6.26. The van der Waals surface area contributed by atoms with Gasteiger partial charge in [0.05, 0.1) is 9.82 Å². The van der Waals surface area contributed by atoms with Crippen LogP contribution in [0.2, 0.25) is 0 Å². The molecule has 0 aliphatic carbocycles. The molecule has 0 atom stereocenters. The predicted molar refractivity (Wildman–Crippen MR) is 136 cm³/mol. The third kappa shape index (κ3) is 5.28. The number of fused-ring (bicyclic) bond motifs is 1. The number of sulfonamides is 1. The van der Waals surface area contributed by atoms with Gasteiger partial charge in [0.2, 0.25) is 10.0 Å². The van der Waals surface area contributed by atoms with Gasteiger partial charge < -0.3 is 10.2 Å². The van der Waals surface area contributed by atoms with E-state index in [1.807, 2.05) is 12.1 Å². The molecule has 0 radical (unpaired) electrons. The van der Waals surface area contributed by atoms with Crippen molar-refractivity contribution in [2.45, 2.75) is 38.3 Å². The lowest BCUT2D eigenvalue weighted by molar-refractivity contribution is -0.384. The standard InChI is InChI=1S/C25H29N5O4S/c1-3-29(4-2)35(33,34)22-10-11-23(24(15-22)30(31)32)26-16-19-9-12-25(27-17-19)28-14-13-20-7-5-6-8-21(20)18-28/h5-12,15,17,26H,3-4,13-14,16,18H2,1-2H3. The number of rotatable bonds is 9. The smallest absolute Gasteiger partial charge is 0.293 e. The molecule has 10 heteroatoms. The minimum Gasteiger partial charge on any atom is -0.375 e. The number of nitrogens with one attached hydrogen (secondary N) is 1. The van der Waals surface area contributed by atoms with Crippen molar-refractivity contribution in [2.75, 3.05) is 29.9 Å². The second-order valence-corrected chi connectivity index (χ2v) is 10.3. The van der Waals surface area contributed by atoms with E-state index < -0.39 is 14.9 Å². The Labute approximate surface area is 205 Å². The molecule has 1 N–H and O–H groups in total. The summed E-state index contributed by atoms with van der Waals surface area (Å²) in [7, 11) is -3.79. The van der Waals surface area contributed by atoms with Crippen molar-refractivity contribution in [3.63, 3.8) is 0 Å². The third-order valence-corrected chi connectivity index (χ3v) is 8.30. The average molecular weight is 496 g/mol. The van der Waals surface area contributed by atoms with Crippen LogP contribution in [0, 0.1) is 10.1 Å². The molecule has 2 heterocycles. The molecule has 0 bridgehead atoms. The number of hydrogen-bond acceptors (Lipinski definition) is 7. The lowest BCUT2D eigenvalue weighted by Gasteiger charge is -2.29. The van der Waals surface area contributed by atoms with Crippen molar-refractivity contribution in [1.29, 1.82) is 0 Å². The number of pyridine rings is 1. The normalized spacial score (nSPS) is 13.5. The summed E-state index contributed by atoms with van der Waals surface area (Å²) in [6.45, 7) is 6.08. The van der Waals surface area contributed by atoms with Gasteiger partial charge in [0.1, 0.15) is 11.5 Å². The Morgan fingerprint density at radius 3 is 2.49 bits per heavy atom. The van der Waals surface area contributed by atoms with E-state index in [2.05, 4.69) is 39.5 Å². The van der Waals surface area contributed by atoms with Crippen LogP contribution in [0.3, 0.4) is 0 Å². The summed E-state index contributed by atoms with van der Waals surface area (Å²) in [4.78, 5) is 17.8. The number of benzene rings is 2. The fourth-order valence-corrected chi connectivity index (χ4v) is 5.76. The van der Waals surface area contributed by atoms with Crippen LogP contribution < -0.4 is 10.2 Å². The highest BCUT2D eigenvalue weighted by molar-refractivity contribution is 7.89. The first-order chi connectivity index (χ1) is 16.8. The Balaban J connectivity index is 1.46. The van der Waals surface area contributed by atoms with E-state index in [0.717, 1.165) is 37.0 Å². The molecule has 3 aromatic rings. The van der Waals surface area contributed by atoms with Crippen LogP contribution >= 0.6 is 0 Å². The SMILES string of the molecule is CCN(CC)S(=O)(=O)c1ccc(NCc2ccc(N3CCc4ccccc4C3)nc2)c([N+](=O)[O-])c1. The maximum Gasteiger partial charge on any atom is 0.293 e. The summed E-state index contributed by atoms with van der Waals surface area (Å²) in [5, 5.41) is 14.7. The van der Waals surface area contributed by atoms with Crippen molar-refractivity contribution < 1.29 is 13.3 Å². The topological polar surface area (TPSA) is 109 Å². The van der Waals surface area contributed by atoms with Gasteiger partial charge in [-0.05, 0) is 41.3 Å². The van der Waals surface area contributed by atoms with Gasteiger partial charge in [0.15, 0.2) is 0 Å². The van der Waals surface area contributed by atoms with Gasteiger partial charge in [0, 0.05) is 45.0 Å². The zero-order chi connectivity index (χ0) is 25.0. The van der Waals surface area contributed by atoms with Crippen molar-refractivity contribution in [3.8, 4) is 0 Å². The van der Waals surface area contributed by atoms with Crippen LogP contribution in [-0.4, -0.2) is 42.3 Å². The fraction of sp³-hybridized carbons (Fsp3) is 0.320. The molecule has 9 nitrogen and oxygen atoms in total. The number of nitro benzene ring substituents is 1. The maximum atomic E-state index is 12.8. The van der Waals surface area contributed by atoms with Crippen molar-refractivity contribution in [3.05, 3.63) is 87.6 Å². The van der Waals surface area contributed by atoms with E-state index in [-0.39, 0.29) is 16.3 Å². The molecule has 0 unspecified atom stereocenters. The fourth-order valence-electron chi connectivity index (χ4n) is 4.28. The van der Waals surface area contributed by atoms with Gasteiger partial charge in [-0.25, -0.2) is 13.4 Å². The summed E-state index contributed by atoms with van der Waals surface area (Å²) in [6.07, 6.45) is 2.73. The number of nitro groups is 1. The molecule has 0 spiro atoms. The molecular weight excluding hydrogens is 466 g/mol. The molecule has 0 saturated heterocycles. The Kier molecular flexibility index (Phi) is 7.32. The number of anilines is 2. The van der Waals surface area contributed by atoms with E-state index >= 15 is 0 Å². The first-order valence-electron chi connectivity index (χ1n) is 11.6. The summed E-state index contributed by atoms with van der Waals surface area (Å²) < 4.78 is 26.8. The van der Waals surface area contributed by atoms with Crippen molar-refractivity contribution in [2.24, 2.45) is 0 Å². The Morgan fingerprint density at radius 1 is 1.09 bits per heavy atom. The quantitative estimate of drug-likeness (QED) is 0.350. The van der Waals surface area contributed by atoms with Crippen LogP contribution in [0.1, 0.15) is 30.5 Å². The van der Waals surface area contributed by atoms with E-state index in [4.69, 9.17) is 0 Å². The van der Waals surface area contributed by atoms with Crippen molar-refractivity contribution >= 4 is 27.2 Å². The maximum absolute atomic E-state index is 12.8. The molecule has 1 aliphatic heterocycles. The molecule has 1 aromatic heterocycles. The van der Waals surface area contributed by atoms with Gasteiger partial charge in [-0.3, -0.25) is 10.1 Å². The number of aromatic nitrogens is 1. The van der Waals surface area contributed by atoms with Crippen LogP contribution in [0.5, 0.6) is 0 Å². The average Bonchev–Trinajstić information content (AvgIpc) is 2.88. The second kappa shape index (κ2) is 10.4. The minimum atomic E-state index is -3.79. The molecule has 1 aliphatic rings. The van der Waals surface area contributed by atoms with Crippen LogP contribution in [-0.2, 0) is 29.5 Å². The van der Waals surface area contributed by atoms with Crippen LogP contribution in [0.15, 0.2) is 65.7 Å². The summed E-state index contributed by atoms with van der Waals surface area (Å²) in [5.41, 5.74) is 3.52. The second-order valence-electron chi connectivity index (χ2n) is 8.34. The monoisotopic (exact) mass is 495 g/mol. The van der Waals surface area contributed by atoms with Gasteiger partial charge in [-0.2, -0.15) is 4.31 Å². The van der Waals surface area contributed by atoms with Gasteiger partial charge in [-0.15, -0.1) is 0 Å². The molecule has 0 amide bonds. The lowest BCUT2D eigenvalue weighted by atomic mass is 10.00. The molecule has 0 fully saturated rings. The zero-order valence-electron chi connectivity index (χ0n) is 19.8. The van der Waals surface area contributed by atoms with E-state index in [1.54, 1.807) is 20.0 Å². The highest BCUT2D eigenvalue weighted by Crippen LogP contribution is 2.30. The van der Waals surface area contributed by atoms with Crippen LogP contribution in [0.25, 0.3) is 0 Å².